The van der Waals surface area contributed by atoms with Crippen LogP contribution in [0.15, 0.2) is 42.6 Å². The van der Waals surface area contributed by atoms with Crippen LogP contribution in [0.4, 0.5) is 10.5 Å². The first kappa shape index (κ1) is 15.3. The molecule has 0 radical (unpaired) electrons. The standard InChI is InChI=1S/C15H14N2O5/c1-21-11-7-8-16-13(14(18)19)12(11)17-15(20)22-9-10-5-3-2-4-6-10/h2-8H,9H2,1H3,(H,17,20)(H,18,19). The van der Waals surface area contributed by atoms with Crippen LogP contribution in [0.2, 0.25) is 0 Å². The summed E-state index contributed by atoms with van der Waals surface area (Å²) in [6, 6.07) is 10.6. The maximum atomic E-state index is 11.8. The lowest BCUT2D eigenvalue weighted by Gasteiger charge is -2.12. The molecular weight excluding hydrogens is 288 g/mol. The third-order valence-corrected chi connectivity index (χ3v) is 2.78. The number of carbonyl (C=O) groups excluding carboxylic acids is 1. The van der Waals surface area contributed by atoms with E-state index in [2.05, 4.69) is 10.3 Å². The van der Waals surface area contributed by atoms with Gasteiger partial charge in [0.1, 0.15) is 18.0 Å². The Morgan fingerprint density at radius 3 is 2.59 bits per heavy atom. The van der Waals surface area contributed by atoms with Gasteiger partial charge in [-0.1, -0.05) is 30.3 Å². The van der Waals surface area contributed by atoms with Crippen molar-refractivity contribution in [2.24, 2.45) is 0 Å². The first-order valence-corrected chi connectivity index (χ1v) is 6.36. The molecule has 7 nitrogen and oxygen atoms in total. The molecule has 0 spiro atoms. The summed E-state index contributed by atoms with van der Waals surface area (Å²) in [4.78, 5) is 26.7. The Balaban J connectivity index is 2.09. The Kier molecular flexibility index (Phi) is 4.92. The molecule has 0 atom stereocenters. The molecule has 7 heteroatoms. The Bertz CT molecular complexity index is 673. The van der Waals surface area contributed by atoms with Crippen LogP contribution in [0.3, 0.4) is 0 Å². The number of aromatic nitrogens is 1. The number of carbonyl (C=O) groups is 2. The van der Waals surface area contributed by atoms with E-state index in [9.17, 15) is 9.59 Å². The van der Waals surface area contributed by atoms with Crippen LogP contribution < -0.4 is 10.1 Å². The van der Waals surface area contributed by atoms with E-state index >= 15 is 0 Å². The fourth-order valence-electron chi connectivity index (χ4n) is 1.76. The summed E-state index contributed by atoms with van der Waals surface area (Å²) >= 11 is 0. The number of nitrogens with one attached hydrogen (secondary N) is 1. The van der Waals surface area contributed by atoms with Gasteiger partial charge in [0.2, 0.25) is 0 Å². The lowest BCUT2D eigenvalue weighted by atomic mass is 10.2. The summed E-state index contributed by atoms with van der Waals surface area (Å²) < 4.78 is 10.1. The Morgan fingerprint density at radius 2 is 1.95 bits per heavy atom. The van der Waals surface area contributed by atoms with Gasteiger partial charge in [0.05, 0.1) is 7.11 Å². The zero-order valence-corrected chi connectivity index (χ0v) is 11.8. The normalized spacial score (nSPS) is 9.86. The Labute approximate surface area is 126 Å². The van der Waals surface area contributed by atoms with E-state index in [1.54, 1.807) is 12.1 Å². The monoisotopic (exact) mass is 302 g/mol. The molecule has 0 bridgehead atoms. The third kappa shape index (κ3) is 3.72. The van der Waals surface area contributed by atoms with Gasteiger partial charge in [-0.15, -0.1) is 0 Å². The largest absolute Gasteiger partial charge is 0.494 e. The molecule has 0 aliphatic heterocycles. The first-order chi connectivity index (χ1) is 10.6. The minimum atomic E-state index is -1.28. The number of amides is 1. The number of aromatic carboxylic acids is 1. The van der Waals surface area contributed by atoms with E-state index in [-0.39, 0.29) is 23.7 Å². The smallest absolute Gasteiger partial charge is 0.412 e. The zero-order valence-electron chi connectivity index (χ0n) is 11.8. The molecule has 1 aromatic carbocycles. The van der Waals surface area contributed by atoms with Gasteiger partial charge in [-0.2, -0.15) is 0 Å². The second-order valence-corrected chi connectivity index (χ2v) is 4.23. The van der Waals surface area contributed by atoms with Crippen LogP contribution in [-0.2, 0) is 11.3 Å². The molecule has 0 fully saturated rings. The zero-order chi connectivity index (χ0) is 15.9. The molecule has 0 saturated heterocycles. The fraction of sp³-hybridized carbons (Fsp3) is 0.133. The van der Waals surface area contributed by atoms with Crippen LogP contribution >= 0.6 is 0 Å². The highest BCUT2D eigenvalue weighted by atomic mass is 16.5. The predicted molar refractivity (Wildman–Crippen MR) is 78.0 cm³/mol. The number of pyridine rings is 1. The summed E-state index contributed by atoms with van der Waals surface area (Å²) in [6.45, 7) is 0.0671. The molecule has 0 aliphatic carbocycles. The van der Waals surface area contributed by atoms with Crippen LogP contribution in [-0.4, -0.2) is 29.3 Å². The molecule has 1 aromatic heterocycles. The van der Waals surface area contributed by atoms with E-state index in [4.69, 9.17) is 14.6 Å². The number of hydrogen-bond donors (Lipinski definition) is 2. The van der Waals surface area contributed by atoms with Gasteiger partial charge in [-0.05, 0) is 5.56 Å². The van der Waals surface area contributed by atoms with Crippen LogP contribution in [0.5, 0.6) is 5.75 Å². The topological polar surface area (TPSA) is 97.8 Å². The number of hydrogen-bond acceptors (Lipinski definition) is 5. The molecule has 2 aromatic rings. The minimum absolute atomic E-state index is 0.0458. The van der Waals surface area contributed by atoms with Crippen molar-refractivity contribution in [2.45, 2.75) is 6.61 Å². The highest BCUT2D eigenvalue weighted by Gasteiger charge is 2.19. The maximum absolute atomic E-state index is 11.8. The average molecular weight is 302 g/mol. The lowest BCUT2D eigenvalue weighted by Crippen LogP contribution is -2.17. The molecule has 114 valence electrons. The molecule has 0 aliphatic rings. The fourth-order valence-corrected chi connectivity index (χ4v) is 1.76. The van der Waals surface area contributed by atoms with Crippen molar-refractivity contribution < 1.29 is 24.2 Å². The van der Waals surface area contributed by atoms with Crippen molar-refractivity contribution >= 4 is 17.7 Å². The molecule has 0 saturated carbocycles. The van der Waals surface area contributed by atoms with Gasteiger partial charge < -0.3 is 14.6 Å². The molecular formula is C15H14N2O5. The first-order valence-electron chi connectivity index (χ1n) is 6.36. The summed E-state index contributed by atoms with van der Waals surface area (Å²) in [5.74, 6) is -1.10. The summed E-state index contributed by atoms with van der Waals surface area (Å²) in [5, 5.41) is 11.4. The molecule has 0 unspecified atom stereocenters. The Morgan fingerprint density at radius 1 is 1.23 bits per heavy atom. The molecule has 22 heavy (non-hydrogen) atoms. The summed E-state index contributed by atoms with van der Waals surface area (Å²) in [5.41, 5.74) is 0.445. The van der Waals surface area contributed by atoms with Gasteiger partial charge in [-0.25, -0.2) is 14.6 Å². The molecule has 2 rings (SSSR count). The lowest BCUT2D eigenvalue weighted by molar-refractivity contribution is 0.0691. The number of ether oxygens (including phenoxy) is 2. The number of anilines is 1. The highest BCUT2D eigenvalue weighted by molar-refractivity contribution is 5.99. The molecule has 1 amide bonds. The SMILES string of the molecule is COc1ccnc(C(=O)O)c1NC(=O)OCc1ccccc1. The van der Waals surface area contributed by atoms with Crippen molar-refractivity contribution in [3.05, 3.63) is 53.9 Å². The average Bonchev–Trinajstić information content (AvgIpc) is 2.54. The molecule has 1 heterocycles. The van der Waals surface area contributed by atoms with Crippen molar-refractivity contribution in [1.29, 1.82) is 0 Å². The van der Waals surface area contributed by atoms with E-state index in [0.717, 1.165) is 5.56 Å². The van der Waals surface area contributed by atoms with Crippen molar-refractivity contribution in [3.63, 3.8) is 0 Å². The van der Waals surface area contributed by atoms with Gasteiger partial charge in [0.15, 0.2) is 5.69 Å². The number of nitrogens with zero attached hydrogens (tertiary/aromatic N) is 1. The second kappa shape index (κ2) is 7.07. The van der Waals surface area contributed by atoms with Crippen molar-refractivity contribution in [1.82, 2.24) is 4.98 Å². The highest BCUT2D eigenvalue weighted by Crippen LogP contribution is 2.26. The predicted octanol–water partition coefficient (Wildman–Crippen LogP) is 2.54. The van der Waals surface area contributed by atoms with Crippen molar-refractivity contribution in [3.8, 4) is 5.75 Å². The van der Waals surface area contributed by atoms with Crippen LogP contribution in [0.1, 0.15) is 16.1 Å². The van der Waals surface area contributed by atoms with E-state index in [0.29, 0.717) is 0 Å². The number of methoxy groups -OCH3 is 1. The van der Waals surface area contributed by atoms with Gasteiger partial charge in [-0.3, -0.25) is 5.32 Å². The van der Waals surface area contributed by atoms with Gasteiger partial charge >= 0.3 is 12.1 Å². The number of benzene rings is 1. The number of carboxylic acid groups (broad SMARTS) is 1. The second-order valence-electron chi connectivity index (χ2n) is 4.23. The van der Waals surface area contributed by atoms with Crippen LogP contribution in [0, 0.1) is 0 Å². The van der Waals surface area contributed by atoms with E-state index in [1.807, 2.05) is 18.2 Å². The van der Waals surface area contributed by atoms with Crippen molar-refractivity contribution in [2.75, 3.05) is 12.4 Å². The van der Waals surface area contributed by atoms with Crippen LogP contribution in [0.25, 0.3) is 0 Å². The summed E-state index contributed by atoms with van der Waals surface area (Å²) in [7, 11) is 1.36. The number of rotatable bonds is 5. The van der Waals surface area contributed by atoms with E-state index in [1.165, 1.54) is 19.4 Å². The number of carboxylic acids is 1. The molecule has 2 N–H and O–H groups in total. The summed E-state index contributed by atoms with van der Waals surface area (Å²) in [6.07, 6.45) is 0.487. The van der Waals surface area contributed by atoms with Gasteiger partial charge in [0, 0.05) is 12.3 Å². The minimum Gasteiger partial charge on any atom is -0.494 e. The maximum Gasteiger partial charge on any atom is 0.412 e. The van der Waals surface area contributed by atoms with Gasteiger partial charge in [0.25, 0.3) is 0 Å². The van der Waals surface area contributed by atoms with E-state index < -0.39 is 12.1 Å². The quantitative estimate of drug-likeness (QED) is 0.880. The third-order valence-electron chi connectivity index (χ3n) is 2.78. The Hall–Kier alpha value is -3.09.